The van der Waals surface area contributed by atoms with Crippen LogP contribution >= 0.6 is 0 Å². The van der Waals surface area contributed by atoms with Crippen molar-refractivity contribution in [2.24, 2.45) is 0 Å². The van der Waals surface area contributed by atoms with Gasteiger partial charge in [-0.2, -0.15) is 5.10 Å². The molecule has 0 radical (unpaired) electrons. The maximum absolute atomic E-state index is 13.0. The zero-order valence-electron chi connectivity index (χ0n) is 19.6. The number of carbonyl (C=O) groups is 1. The molecular formula is C26H25N5O4. The second-order valence-electron chi connectivity index (χ2n) is 8.89. The van der Waals surface area contributed by atoms with Crippen LogP contribution in [0.2, 0.25) is 0 Å². The van der Waals surface area contributed by atoms with Crippen molar-refractivity contribution in [2.45, 2.75) is 39.3 Å². The molecule has 0 saturated carbocycles. The Morgan fingerprint density at radius 1 is 1.20 bits per heavy atom. The normalized spacial score (nSPS) is 15.9. The van der Waals surface area contributed by atoms with Gasteiger partial charge in [-0.05, 0) is 50.1 Å². The first kappa shape index (κ1) is 21.4. The number of aromatic nitrogens is 4. The zero-order valence-corrected chi connectivity index (χ0v) is 19.6. The van der Waals surface area contributed by atoms with Crippen molar-refractivity contribution in [3.8, 4) is 22.9 Å². The first-order valence-corrected chi connectivity index (χ1v) is 11.7. The van der Waals surface area contributed by atoms with Gasteiger partial charge in [0.2, 0.25) is 0 Å². The van der Waals surface area contributed by atoms with Crippen LogP contribution in [0.4, 0.5) is 0 Å². The highest BCUT2D eigenvalue weighted by Gasteiger charge is 2.30. The lowest BCUT2D eigenvalue weighted by molar-refractivity contribution is 0.0748. The maximum atomic E-state index is 13.0. The number of hydrogen-bond donors (Lipinski definition) is 1. The minimum atomic E-state index is -0.307. The predicted octanol–water partition coefficient (Wildman–Crippen LogP) is 3.27. The SMILES string of the molecule is Cc1cccc(Cn2cc3c(n2)-c2c(oc(C(=O)NC[C@@H]4COc5ncccc5O4)c2C)CC3)n1. The topological polar surface area (TPSA) is 104 Å². The fourth-order valence-corrected chi connectivity index (χ4v) is 4.66. The maximum Gasteiger partial charge on any atom is 0.287 e. The Bertz CT molecular complexity index is 1420. The van der Waals surface area contributed by atoms with E-state index >= 15 is 0 Å². The number of pyridine rings is 2. The van der Waals surface area contributed by atoms with Crippen LogP contribution in [0.15, 0.2) is 47.1 Å². The van der Waals surface area contributed by atoms with Gasteiger partial charge in [0.1, 0.15) is 12.4 Å². The molecule has 1 aliphatic heterocycles. The van der Waals surface area contributed by atoms with Crippen molar-refractivity contribution in [3.63, 3.8) is 0 Å². The van der Waals surface area contributed by atoms with Crippen LogP contribution in [-0.2, 0) is 19.4 Å². The van der Waals surface area contributed by atoms with E-state index < -0.39 is 0 Å². The molecule has 1 N–H and O–H groups in total. The molecule has 1 amide bonds. The molecule has 0 fully saturated rings. The summed E-state index contributed by atoms with van der Waals surface area (Å²) in [6.45, 7) is 5.09. The summed E-state index contributed by atoms with van der Waals surface area (Å²) in [5.41, 5.74) is 5.70. The molecule has 178 valence electrons. The number of fused-ring (bicyclic) bond motifs is 4. The minimum absolute atomic E-state index is 0.276. The molecule has 1 atom stereocenters. The van der Waals surface area contributed by atoms with Crippen LogP contribution in [0, 0.1) is 13.8 Å². The number of rotatable bonds is 5. The van der Waals surface area contributed by atoms with Crippen LogP contribution in [0.5, 0.6) is 11.6 Å². The van der Waals surface area contributed by atoms with Crippen LogP contribution in [0.3, 0.4) is 0 Å². The highest BCUT2D eigenvalue weighted by molar-refractivity contribution is 5.95. The van der Waals surface area contributed by atoms with Gasteiger partial charge >= 0.3 is 0 Å². The van der Waals surface area contributed by atoms with Crippen LogP contribution in [0.1, 0.15) is 38.8 Å². The molecule has 0 bridgehead atoms. The third-order valence-electron chi connectivity index (χ3n) is 6.32. The Labute approximate surface area is 202 Å². The average molecular weight is 472 g/mol. The Morgan fingerprint density at radius 2 is 2.11 bits per heavy atom. The van der Waals surface area contributed by atoms with Gasteiger partial charge in [0, 0.05) is 35.6 Å². The molecule has 2 aliphatic rings. The lowest BCUT2D eigenvalue weighted by Crippen LogP contribution is -2.41. The fourth-order valence-electron chi connectivity index (χ4n) is 4.66. The molecule has 0 saturated heterocycles. The Balaban J connectivity index is 1.18. The molecular weight excluding hydrogens is 446 g/mol. The van der Waals surface area contributed by atoms with Crippen molar-refractivity contribution in [1.29, 1.82) is 0 Å². The van der Waals surface area contributed by atoms with Crippen LogP contribution in [-0.4, -0.2) is 44.9 Å². The van der Waals surface area contributed by atoms with E-state index in [9.17, 15) is 4.79 Å². The largest absolute Gasteiger partial charge is 0.479 e. The van der Waals surface area contributed by atoms with Gasteiger partial charge < -0.3 is 19.2 Å². The van der Waals surface area contributed by atoms with Gasteiger partial charge in [0.15, 0.2) is 17.6 Å². The van der Waals surface area contributed by atoms with Crippen molar-refractivity contribution in [2.75, 3.05) is 13.2 Å². The Kier molecular flexibility index (Phi) is 5.24. The Morgan fingerprint density at radius 3 is 3.00 bits per heavy atom. The molecule has 5 heterocycles. The number of carbonyl (C=O) groups excluding carboxylic acids is 1. The lowest BCUT2D eigenvalue weighted by atomic mass is 9.93. The summed E-state index contributed by atoms with van der Waals surface area (Å²) in [7, 11) is 0. The second-order valence-corrected chi connectivity index (χ2v) is 8.89. The third-order valence-corrected chi connectivity index (χ3v) is 6.32. The average Bonchev–Trinajstić information content (AvgIpc) is 3.42. The van der Waals surface area contributed by atoms with E-state index in [1.54, 1.807) is 18.3 Å². The van der Waals surface area contributed by atoms with Gasteiger partial charge in [-0.3, -0.25) is 14.5 Å². The van der Waals surface area contributed by atoms with E-state index in [1.807, 2.05) is 36.7 Å². The predicted molar refractivity (Wildman–Crippen MR) is 127 cm³/mol. The highest BCUT2D eigenvalue weighted by Crippen LogP contribution is 2.38. The molecule has 1 aliphatic carbocycles. The van der Waals surface area contributed by atoms with Crippen molar-refractivity contribution >= 4 is 5.91 Å². The zero-order chi connectivity index (χ0) is 23.9. The molecule has 9 nitrogen and oxygen atoms in total. The summed E-state index contributed by atoms with van der Waals surface area (Å²) in [6, 6.07) is 9.57. The number of nitrogens with zero attached hydrogens (tertiary/aromatic N) is 4. The van der Waals surface area contributed by atoms with Gasteiger partial charge in [-0.1, -0.05) is 6.07 Å². The van der Waals surface area contributed by atoms with E-state index in [-0.39, 0.29) is 12.0 Å². The summed E-state index contributed by atoms with van der Waals surface area (Å²) < 4.78 is 19.5. The summed E-state index contributed by atoms with van der Waals surface area (Å²) in [5, 5.41) is 7.76. The van der Waals surface area contributed by atoms with Gasteiger partial charge in [0.05, 0.1) is 24.5 Å². The third kappa shape index (κ3) is 4.03. The number of ether oxygens (including phenoxy) is 2. The molecule has 0 aromatic carbocycles. The monoisotopic (exact) mass is 471 g/mol. The first-order valence-electron chi connectivity index (χ1n) is 11.7. The molecule has 0 unspecified atom stereocenters. The second kappa shape index (κ2) is 8.57. The van der Waals surface area contributed by atoms with E-state index in [0.29, 0.717) is 37.1 Å². The van der Waals surface area contributed by atoms with Gasteiger partial charge in [-0.15, -0.1) is 0 Å². The highest BCUT2D eigenvalue weighted by atomic mass is 16.6. The summed E-state index contributed by atoms with van der Waals surface area (Å²) in [5.74, 6) is 1.89. The standard InChI is InChI=1S/C26H25N5O4/c1-15-5-3-6-18(29-15)13-31-12-17-8-9-20-22(23(17)30-31)16(2)24(35-20)25(32)28-11-19-14-33-26-21(34-19)7-4-10-27-26/h3-7,10,12,19H,8-9,11,13-14H2,1-2H3,(H,28,32)/t19-/m1/s1. The van der Waals surface area contributed by atoms with E-state index in [4.69, 9.17) is 19.0 Å². The van der Waals surface area contributed by atoms with Crippen LogP contribution < -0.4 is 14.8 Å². The van der Waals surface area contributed by atoms with Crippen molar-refractivity contribution in [1.82, 2.24) is 25.1 Å². The van der Waals surface area contributed by atoms with Gasteiger partial charge in [0.25, 0.3) is 11.8 Å². The molecule has 4 aromatic heterocycles. The van der Waals surface area contributed by atoms with E-state index in [0.717, 1.165) is 52.4 Å². The fraction of sp³-hybridized carbons (Fsp3) is 0.308. The van der Waals surface area contributed by atoms with E-state index in [2.05, 4.69) is 21.5 Å². The number of aryl methyl sites for hydroxylation is 3. The van der Waals surface area contributed by atoms with E-state index in [1.165, 1.54) is 0 Å². The summed E-state index contributed by atoms with van der Waals surface area (Å²) in [4.78, 5) is 21.7. The number of hydrogen-bond acceptors (Lipinski definition) is 7. The minimum Gasteiger partial charge on any atom is -0.479 e. The first-order chi connectivity index (χ1) is 17.0. The summed E-state index contributed by atoms with van der Waals surface area (Å²) in [6.07, 6.45) is 4.96. The Hall–Kier alpha value is -4.14. The molecule has 4 aromatic rings. The number of amides is 1. The molecule has 35 heavy (non-hydrogen) atoms. The van der Waals surface area contributed by atoms with Crippen molar-refractivity contribution in [3.05, 3.63) is 76.8 Å². The molecule has 6 rings (SSSR count). The quantitative estimate of drug-likeness (QED) is 0.476. The molecule has 0 spiro atoms. The molecule has 9 heteroatoms. The lowest BCUT2D eigenvalue weighted by Gasteiger charge is -2.25. The van der Waals surface area contributed by atoms with Crippen LogP contribution in [0.25, 0.3) is 11.3 Å². The summed E-state index contributed by atoms with van der Waals surface area (Å²) >= 11 is 0. The van der Waals surface area contributed by atoms with Crippen molar-refractivity contribution < 1.29 is 18.7 Å². The number of furan rings is 1. The number of nitrogens with one attached hydrogen (secondary N) is 1. The van der Waals surface area contributed by atoms with Gasteiger partial charge in [-0.25, -0.2) is 4.98 Å². The smallest absolute Gasteiger partial charge is 0.287 e.